The second kappa shape index (κ2) is 8.10. The van der Waals surface area contributed by atoms with E-state index in [-0.39, 0.29) is 5.25 Å². The van der Waals surface area contributed by atoms with E-state index in [1.807, 2.05) is 60.7 Å². The van der Waals surface area contributed by atoms with E-state index in [0.717, 1.165) is 11.3 Å². The summed E-state index contributed by atoms with van der Waals surface area (Å²) in [4.78, 5) is 0. The highest BCUT2D eigenvalue weighted by Gasteiger charge is 2.19. The third-order valence-electron chi connectivity index (χ3n) is 4.17. The molecule has 5 heteroatoms. The summed E-state index contributed by atoms with van der Waals surface area (Å²) in [7, 11) is 1.64. The lowest BCUT2D eigenvalue weighted by Crippen LogP contribution is -1.96. The van der Waals surface area contributed by atoms with Gasteiger partial charge in [-0.3, -0.25) is 0 Å². The molecule has 0 N–H and O–H groups in total. The minimum Gasteiger partial charge on any atom is -0.497 e. The molecule has 0 bridgehead atoms. The zero-order chi connectivity index (χ0) is 18.5. The first-order valence-corrected chi connectivity index (χ1v) is 9.46. The van der Waals surface area contributed by atoms with Crippen LogP contribution in [0.4, 0.5) is 0 Å². The van der Waals surface area contributed by atoms with Crippen LogP contribution in [0.5, 0.6) is 5.75 Å². The highest BCUT2D eigenvalue weighted by molar-refractivity contribution is 7.99. The number of methoxy groups -OCH3 is 1. The molecule has 134 valence electrons. The molecule has 0 amide bonds. The Kier molecular flexibility index (Phi) is 5.21. The van der Waals surface area contributed by atoms with Gasteiger partial charge in [0, 0.05) is 5.56 Å². The quantitative estimate of drug-likeness (QED) is 0.410. The molecule has 0 atom stereocenters. The SMILES string of the molecule is COc1ccc(-c2nnc(SC(c3ccccc3)c3ccccc3)o2)cc1. The smallest absolute Gasteiger partial charge is 0.277 e. The summed E-state index contributed by atoms with van der Waals surface area (Å²) in [6.45, 7) is 0. The minimum atomic E-state index is 0.0802. The predicted molar refractivity (Wildman–Crippen MR) is 107 cm³/mol. The van der Waals surface area contributed by atoms with Gasteiger partial charge in [-0.1, -0.05) is 72.4 Å². The van der Waals surface area contributed by atoms with Gasteiger partial charge in [0.1, 0.15) is 5.75 Å². The van der Waals surface area contributed by atoms with Crippen LogP contribution in [0.3, 0.4) is 0 Å². The van der Waals surface area contributed by atoms with E-state index in [9.17, 15) is 0 Å². The average Bonchev–Trinajstić information content (AvgIpc) is 3.22. The van der Waals surface area contributed by atoms with Crippen LogP contribution in [0.2, 0.25) is 0 Å². The van der Waals surface area contributed by atoms with Crippen LogP contribution in [-0.2, 0) is 0 Å². The Balaban J connectivity index is 1.61. The van der Waals surface area contributed by atoms with E-state index in [1.165, 1.54) is 11.1 Å². The van der Waals surface area contributed by atoms with Gasteiger partial charge >= 0.3 is 0 Å². The van der Waals surface area contributed by atoms with Crippen molar-refractivity contribution >= 4 is 11.8 Å². The Bertz CT molecular complexity index is 946. The summed E-state index contributed by atoms with van der Waals surface area (Å²) in [6, 6.07) is 28.3. The van der Waals surface area contributed by atoms with Crippen molar-refractivity contribution in [2.24, 2.45) is 0 Å². The third-order valence-corrected chi connectivity index (χ3v) is 5.31. The Labute approximate surface area is 162 Å². The lowest BCUT2D eigenvalue weighted by molar-refractivity contribution is 0.414. The van der Waals surface area contributed by atoms with Crippen molar-refractivity contribution in [2.75, 3.05) is 7.11 Å². The summed E-state index contributed by atoms with van der Waals surface area (Å²) in [5.74, 6) is 1.29. The molecule has 0 fully saturated rings. The van der Waals surface area contributed by atoms with Crippen molar-refractivity contribution in [1.29, 1.82) is 0 Å². The number of nitrogens with zero attached hydrogens (tertiary/aromatic N) is 2. The van der Waals surface area contributed by atoms with E-state index in [0.29, 0.717) is 11.1 Å². The first-order chi connectivity index (χ1) is 13.3. The molecule has 0 unspecified atom stereocenters. The second-order valence-corrected chi connectivity index (χ2v) is 6.98. The van der Waals surface area contributed by atoms with Gasteiger partial charge in [-0.25, -0.2) is 0 Å². The fourth-order valence-electron chi connectivity index (χ4n) is 2.79. The molecule has 0 saturated heterocycles. The topological polar surface area (TPSA) is 48.2 Å². The molecule has 4 nitrogen and oxygen atoms in total. The molecule has 3 aromatic carbocycles. The van der Waals surface area contributed by atoms with Crippen LogP contribution in [-0.4, -0.2) is 17.3 Å². The molecule has 0 radical (unpaired) electrons. The number of benzene rings is 3. The lowest BCUT2D eigenvalue weighted by Gasteiger charge is -2.15. The molecule has 1 heterocycles. The average molecular weight is 374 g/mol. The van der Waals surface area contributed by atoms with Crippen molar-refractivity contribution in [1.82, 2.24) is 10.2 Å². The molecular weight excluding hydrogens is 356 g/mol. The van der Waals surface area contributed by atoms with E-state index in [2.05, 4.69) is 34.5 Å². The molecule has 27 heavy (non-hydrogen) atoms. The Morgan fingerprint density at radius 3 is 1.93 bits per heavy atom. The van der Waals surface area contributed by atoms with E-state index >= 15 is 0 Å². The Hall–Kier alpha value is -3.05. The summed E-state index contributed by atoms with van der Waals surface area (Å²) in [5.41, 5.74) is 3.25. The zero-order valence-corrected chi connectivity index (χ0v) is 15.6. The van der Waals surface area contributed by atoms with E-state index in [4.69, 9.17) is 9.15 Å². The summed E-state index contributed by atoms with van der Waals surface area (Å²) < 4.78 is 11.1. The maximum absolute atomic E-state index is 5.92. The molecule has 1 aromatic heterocycles. The maximum atomic E-state index is 5.92. The van der Waals surface area contributed by atoms with Gasteiger partial charge < -0.3 is 9.15 Å². The number of aromatic nitrogens is 2. The van der Waals surface area contributed by atoms with Crippen LogP contribution < -0.4 is 4.74 Å². The lowest BCUT2D eigenvalue weighted by atomic mass is 10.0. The van der Waals surface area contributed by atoms with Crippen LogP contribution in [0.25, 0.3) is 11.5 Å². The summed E-state index contributed by atoms with van der Waals surface area (Å²) >= 11 is 1.55. The van der Waals surface area contributed by atoms with Gasteiger partial charge in [-0.15, -0.1) is 10.2 Å². The molecule has 0 aliphatic carbocycles. The standard InChI is InChI=1S/C22H18N2O2S/c1-25-19-14-12-18(13-15-19)21-23-24-22(26-21)27-20(16-8-4-2-5-9-16)17-10-6-3-7-11-17/h2-15,20H,1H3. The second-order valence-electron chi connectivity index (χ2n) is 5.92. The fraction of sp³-hybridized carbons (Fsp3) is 0.0909. The van der Waals surface area contributed by atoms with Gasteiger partial charge in [0.15, 0.2) is 0 Å². The van der Waals surface area contributed by atoms with Crippen LogP contribution in [0.15, 0.2) is 94.6 Å². The third kappa shape index (κ3) is 4.04. The monoisotopic (exact) mass is 374 g/mol. The van der Waals surface area contributed by atoms with Crippen molar-refractivity contribution in [3.05, 3.63) is 96.1 Å². The highest BCUT2D eigenvalue weighted by Crippen LogP contribution is 2.40. The Morgan fingerprint density at radius 1 is 0.778 bits per heavy atom. The zero-order valence-electron chi connectivity index (χ0n) is 14.8. The molecule has 0 saturated carbocycles. The van der Waals surface area contributed by atoms with Crippen LogP contribution in [0.1, 0.15) is 16.4 Å². The van der Waals surface area contributed by atoms with Gasteiger partial charge in [0.05, 0.1) is 12.4 Å². The molecular formula is C22H18N2O2S. The molecule has 4 aromatic rings. The number of thioether (sulfide) groups is 1. The summed E-state index contributed by atoms with van der Waals surface area (Å²) in [5, 5.41) is 9.07. The van der Waals surface area contributed by atoms with Gasteiger partial charge in [-0.2, -0.15) is 0 Å². The number of hydrogen-bond donors (Lipinski definition) is 0. The predicted octanol–water partition coefficient (Wildman–Crippen LogP) is 5.63. The maximum Gasteiger partial charge on any atom is 0.277 e. The number of rotatable bonds is 6. The van der Waals surface area contributed by atoms with Crippen molar-refractivity contribution in [2.45, 2.75) is 10.5 Å². The molecule has 0 aliphatic heterocycles. The molecule has 4 rings (SSSR count). The first kappa shape index (κ1) is 17.4. The van der Waals surface area contributed by atoms with E-state index < -0.39 is 0 Å². The molecule has 0 spiro atoms. The Morgan fingerprint density at radius 2 is 1.37 bits per heavy atom. The van der Waals surface area contributed by atoms with Crippen molar-refractivity contribution < 1.29 is 9.15 Å². The fourth-order valence-corrected chi connectivity index (χ4v) is 3.80. The number of hydrogen-bond acceptors (Lipinski definition) is 5. The summed E-state index contributed by atoms with van der Waals surface area (Å²) in [6.07, 6.45) is 0. The van der Waals surface area contributed by atoms with Crippen LogP contribution >= 0.6 is 11.8 Å². The van der Waals surface area contributed by atoms with Crippen molar-refractivity contribution in [3.63, 3.8) is 0 Å². The normalized spacial score (nSPS) is 10.9. The van der Waals surface area contributed by atoms with E-state index in [1.54, 1.807) is 18.9 Å². The van der Waals surface area contributed by atoms with Gasteiger partial charge in [0.2, 0.25) is 5.89 Å². The molecule has 0 aliphatic rings. The highest BCUT2D eigenvalue weighted by atomic mass is 32.2. The number of ether oxygens (including phenoxy) is 1. The minimum absolute atomic E-state index is 0.0802. The van der Waals surface area contributed by atoms with Gasteiger partial charge in [0.25, 0.3) is 5.22 Å². The van der Waals surface area contributed by atoms with Crippen molar-refractivity contribution in [3.8, 4) is 17.2 Å². The largest absolute Gasteiger partial charge is 0.497 e. The first-order valence-electron chi connectivity index (χ1n) is 8.58. The van der Waals surface area contributed by atoms with Crippen LogP contribution in [0, 0.1) is 0 Å². The van der Waals surface area contributed by atoms with Gasteiger partial charge in [-0.05, 0) is 35.4 Å².